The first-order valence-corrected chi connectivity index (χ1v) is 7.98. The minimum absolute atomic E-state index is 0.0401. The molecule has 0 saturated heterocycles. The van der Waals surface area contributed by atoms with Gasteiger partial charge in [0.15, 0.2) is 0 Å². The second kappa shape index (κ2) is 4.72. The molecule has 23 heavy (non-hydrogen) atoms. The van der Waals surface area contributed by atoms with Crippen LogP contribution in [-0.2, 0) is 16.6 Å². The van der Waals surface area contributed by atoms with Crippen LogP contribution >= 0.6 is 0 Å². The number of aromatic amines is 1. The minimum Gasteiger partial charge on any atom is -0.354 e. The van der Waals surface area contributed by atoms with Crippen LogP contribution in [0, 0.1) is 0 Å². The number of fused-ring (bicyclic) bond motifs is 5. The number of para-hydroxylation sites is 1. The molecule has 2 aromatic carbocycles. The maximum absolute atomic E-state index is 12.3. The summed E-state index contributed by atoms with van der Waals surface area (Å²) in [6.07, 6.45) is 0.400. The van der Waals surface area contributed by atoms with Gasteiger partial charge in [-0.1, -0.05) is 45.0 Å². The number of hydrogen-bond acceptors (Lipinski definition) is 1. The lowest BCUT2D eigenvalue weighted by molar-refractivity contribution is -0.115. The number of H-pyrrole nitrogens is 1. The third kappa shape index (κ3) is 2.24. The highest BCUT2D eigenvalue weighted by molar-refractivity contribution is 6.05. The fourth-order valence-corrected chi connectivity index (χ4v) is 3.29. The van der Waals surface area contributed by atoms with Crippen molar-refractivity contribution in [3.8, 4) is 11.3 Å². The van der Waals surface area contributed by atoms with Crippen molar-refractivity contribution in [1.29, 1.82) is 0 Å². The Labute approximate surface area is 135 Å². The smallest absolute Gasteiger partial charge is 0.228 e. The maximum atomic E-state index is 12.3. The van der Waals surface area contributed by atoms with Gasteiger partial charge in [0.25, 0.3) is 0 Å². The zero-order valence-electron chi connectivity index (χ0n) is 13.7. The van der Waals surface area contributed by atoms with Crippen molar-refractivity contribution < 1.29 is 4.79 Å². The van der Waals surface area contributed by atoms with E-state index in [1.54, 1.807) is 0 Å². The standard InChI is InChI=1S/C20H20N2O/c1-20(2,3)12-8-9-17-14(10-12)15-11-18(23)21-16-7-5-4-6-13(16)19(15)22-17/h4-10,22H,11H2,1-3H3,(H,21,23). The highest BCUT2D eigenvalue weighted by atomic mass is 16.1. The number of rotatable bonds is 0. The zero-order valence-corrected chi connectivity index (χ0v) is 13.7. The van der Waals surface area contributed by atoms with E-state index in [9.17, 15) is 4.79 Å². The van der Waals surface area contributed by atoms with E-state index in [0.717, 1.165) is 33.4 Å². The van der Waals surface area contributed by atoms with Gasteiger partial charge in [-0.2, -0.15) is 0 Å². The summed E-state index contributed by atoms with van der Waals surface area (Å²) in [5.74, 6) is 0.0401. The van der Waals surface area contributed by atoms with Gasteiger partial charge < -0.3 is 10.3 Å². The Morgan fingerprint density at radius 2 is 1.83 bits per heavy atom. The van der Waals surface area contributed by atoms with Crippen molar-refractivity contribution in [1.82, 2.24) is 4.98 Å². The van der Waals surface area contributed by atoms with Crippen LogP contribution in [0.25, 0.3) is 22.2 Å². The van der Waals surface area contributed by atoms with Gasteiger partial charge in [-0.05, 0) is 34.7 Å². The van der Waals surface area contributed by atoms with Gasteiger partial charge in [0.1, 0.15) is 0 Å². The number of nitrogens with one attached hydrogen (secondary N) is 2. The molecule has 1 aliphatic rings. The number of anilines is 1. The predicted octanol–water partition coefficient (Wildman–Crippen LogP) is 4.63. The van der Waals surface area contributed by atoms with Crippen molar-refractivity contribution in [3.05, 3.63) is 53.6 Å². The van der Waals surface area contributed by atoms with E-state index in [-0.39, 0.29) is 11.3 Å². The number of benzene rings is 2. The lowest BCUT2D eigenvalue weighted by atomic mass is 9.86. The van der Waals surface area contributed by atoms with Gasteiger partial charge in [-0.15, -0.1) is 0 Å². The van der Waals surface area contributed by atoms with E-state index in [1.165, 1.54) is 5.56 Å². The van der Waals surface area contributed by atoms with Gasteiger partial charge >= 0.3 is 0 Å². The number of carbonyl (C=O) groups is 1. The molecule has 0 atom stereocenters. The molecule has 116 valence electrons. The Morgan fingerprint density at radius 1 is 1.04 bits per heavy atom. The van der Waals surface area contributed by atoms with Crippen LogP contribution in [0.5, 0.6) is 0 Å². The van der Waals surface area contributed by atoms with Crippen LogP contribution in [0.3, 0.4) is 0 Å². The molecule has 0 saturated carbocycles. The van der Waals surface area contributed by atoms with Crippen molar-refractivity contribution in [2.24, 2.45) is 0 Å². The molecule has 0 spiro atoms. The lowest BCUT2D eigenvalue weighted by Crippen LogP contribution is -2.13. The average Bonchev–Trinajstić information content (AvgIpc) is 2.77. The molecule has 2 N–H and O–H groups in total. The van der Waals surface area contributed by atoms with E-state index in [0.29, 0.717) is 6.42 Å². The highest BCUT2D eigenvalue weighted by Gasteiger charge is 2.23. The highest BCUT2D eigenvalue weighted by Crippen LogP contribution is 2.38. The molecular weight excluding hydrogens is 284 g/mol. The average molecular weight is 304 g/mol. The quantitative estimate of drug-likeness (QED) is 0.625. The minimum atomic E-state index is 0.0401. The molecule has 1 amide bonds. The Kier molecular flexibility index (Phi) is 2.89. The third-order valence-electron chi connectivity index (χ3n) is 4.58. The topological polar surface area (TPSA) is 44.9 Å². The summed E-state index contributed by atoms with van der Waals surface area (Å²) in [6, 6.07) is 14.5. The van der Waals surface area contributed by atoms with Gasteiger partial charge in [-0.3, -0.25) is 4.79 Å². The van der Waals surface area contributed by atoms with Gasteiger partial charge in [0, 0.05) is 16.5 Å². The summed E-state index contributed by atoms with van der Waals surface area (Å²) < 4.78 is 0. The van der Waals surface area contributed by atoms with E-state index in [4.69, 9.17) is 0 Å². The second-order valence-electron chi connectivity index (χ2n) is 7.26. The Balaban J connectivity index is 2.02. The summed E-state index contributed by atoms with van der Waals surface area (Å²) in [6.45, 7) is 6.63. The van der Waals surface area contributed by atoms with Crippen molar-refractivity contribution >= 4 is 22.5 Å². The van der Waals surface area contributed by atoms with Crippen molar-refractivity contribution in [2.75, 3.05) is 5.32 Å². The molecule has 0 fully saturated rings. The van der Waals surface area contributed by atoms with E-state index in [2.05, 4.69) is 55.3 Å². The molecule has 3 nitrogen and oxygen atoms in total. The molecule has 0 bridgehead atoms. The van der Waals surface area contributed by atoms with Crippen LogP contribution in [-0.4, -0.2) is 10.9 Å². The Morgan fingerprint density at radius 3 is 2.61 bits per heavy atom. The fourth-order valence-electron chi connectivity index (χ4n) is 3.29. The van der Waals surface area contributed by atoms with Crippen molar-refractivity contribution in [2.45, 2.75) is 32.6 Å². The first kappa shape index (κ1) is 14.1. The van der Waals surface area contributed by atoms with Crippen molar-refractivity contribution in [3.63, 3.8) is 0 Å². The van der Waals surface area contributed by atoms with E-state index in [1.807, 2.05) is 18.2 Å². The van der Waals surface area contributed by atoms with Gasteiger partial charge in [0.05, 0.1) is 17.8 Å². The second-order valence-corrected chi connectivity index (χ2v) is 7.26. The summed E-state index contributed by atoms with van der Waals surface area (Å²) >= 11 is 0. The fraction of sp³-hybridized carbons (Fsp3) is 0.250. The van der Waals surface area contributed by atoms with Crippen LogP contribution in [0.15, 0.2) is 42.5 Å². The van der Waals surface area contributed by atoms with Gasteiger partial charge in [0.2, 0.25) is 5.91 Å². The van der Waals surface area contributed by atoms with Crippen LogP contribution < -0.4 is 5.32 Å². The molecule has 1 aliphatic heterocycles. The molecule has 3 heteroatoms. The number of amides is 1. The SMILES string of the molecule is CC(C)(C)c1ccc2[nH]c3c(c2c1)CC(=O)Nc1ccccc1-3. The largest absolute Gasteiger partial charge is 0.354 e. The lowest BCUT2D eigenvalue weighted by Gasteiger charge is -2.19. The number of carbonyl (C=O) groups excluding carboxylic acids is 1. The zero-order chi connectivity index (χ0) is 16.2. The molecule has 0 unspecified atom stereocenters. The summed E-state index contributed by atoms with van der Waals surface area (Å²) in [5.41, 5.74) is 6.54. The molecule has 4 rings (SSSR count). The molecule has 0 aliphatic carbocycles. The maximum Gasteiger partial charge on any atom is 0.228 e. The Hall–Kier alpha value is -2.55. The third-order valence-corrected chi connectivity index (χ3v) is 4.58. The number of aromatic nitrogens is 1. The van der Waals surface area contributed by atoms with E-state index >= 15 is 0 Å². The molecular formula is C20H20N2O. The van der Waals surface area contributed by atoms with Crippen LogP contribution in [0.4, 0.5) is 5.69 Å². The molecule has 0 radical (unpaired) electrons. The molecule has 3 aromatic rings. The summed E-state index contributed by atoms with van der Waals surface area (Å²) in [4.78, 5) is 15.8. The first-order valence-electron chi connectivity index (χ1n) is 7.98. The Bertz CT molecular complexity index is 928. The first-order chi connectivity index (χ1) is 10.9. The predicted molar refractivity (Wildman–Crippen MR) is 94.8 cm³/mol. The molecule has 2 heterocycles. The monoisotopic (exact) mass is 304 g/mol. The summed E-state index contributed by atoms with van der Waals surface area (Å²) in [5, 5.41) is 4.16. The molecule has 1 aromatic heterocycles. The van der Waals surface area contributed by atoms with Crippen LogP contribution in [0.2, 0.25) is 0 Å². The summed E-state index contributed by atoms with van der Waals surface area (Å²) in [7, 11) is 0. The normalized spacial score (nSPS) is 14.1. The number of hydrogen-bond donors (Lipinski definition) is 2. The van der Waals surface area contributed by atoms with Crippen LogP contribution in [0.1, 0.15) is 31.9 Å². The van der Waals surface area contributed by atoms with Gasteiger partial charge in [-0.25, -0.2) is 0 Å². The van der Waals surface area contributed by atoms with E-state index < -0.39 is 0 Å².